The fourth-order valence-corrected chi connectivity index (χ4v) is 3.32. The first-order chi connectivity index (χ1) is 9.69. The van der Waals surface area contributed by atoms with Crippen LogP contribution in [0, 0.1) is 21.4 Å². The van der Waals surface area contributed by atoms with Gasteiger partial charge in [-0.25, -0.2) is 0 Å². The molecule has 0 amide bonds. The van der Waals surface area contributed by atoms with Gasteiger partial charge in [-0.3, -0.25) is 15.0 Å². The van der Waals surface area contributed by atoms with Gasteiger partial charge in [0.25, 0.3) is 5.69 Å². The summed E-state index contributed by atoms with van der Waals surface area (Å²) in [5, 5.41) is 23.3. The number of nitriles is 1. The normalized spacial score (nSPS) is 25.1. The number of nitro benzene ring substituents is 1. The van der Waals surface area contributed by atoms with Crippen molar-refractivity contribution in [3.8, 4) is 6.07 Å². The highest BCUT2D eigenvalue weighted by Gasteiger charge is 2.37. The van der Waals surface area contributed by atoms with E-state index in [0.29, 0.717) is 17.3 Å². The van der Waals surface area contributed by atoms with Crippen molar-refractivity contribution >= 4 is 11.4 Å². The Morgan fingerprint density at radius 1 is 1.40 bits per heavy atom. The summed E-state index contributed by atoms with van der Waals surface area (Å²) in [5.74, 6) is 0. The summed E-state index contributed by atoms with van der Waals surface area (Å²) in [5.41, 5.74) is 0.824. The molecule has 3 rings (SSSR count). The van der Waals surface area contributed by atoms with Crippen LogP contribution in [0.15, 0.2) is 18.2 Å². The first-order valence-electron chi connectivity index (χ1n) is 6.88. The molecule has 104 valence electrons. The first-order valence-corrected chi connectivity index (χ1v) is 6.88. The summed E-state index contributed by atoms with van der Waals surface area (Å²) in [4.78, 5) is 13.2. The molecule has 20 heavy (non-hydrogen) atoms. The average Bonchev–Trinajstić information content (AvgIpc) is 3.04. The zero-order chi connectivity index (χ0) is 14.1. The van der Waals surface area contributed by atoms with Crippen molar-refractivity contribution in [3.63, 3.8) is 0 Å². The van der Waals surface area contributed by atoms with Crippen LogP contribution in [0.25, 0.3) is 0 Å². The van der Waals surface area contributed by atoms with E-state index >= 15 is 0 Å². The molecule has 0 saturated carbocycles. The molecule has 2 heterocycles. The van der Waals surface area contributed by atoms with Crippen LogP contribution in [0.1, 0.15) is 24.8 Å². The maximum Gasteiger partial charge on any atom is 0.293 e. The standard InChI is InChI=1S/C14H16N4O2/c15-9-10-3-4-11(14(8-10)18(19)20)16-12-5-7-17-6-1-2-13(12)17/h3-4,8,12-13,16H,1-2,5-7H2. The molecule has 6 nitrogen and oxygen atoms in total. The molecule has 0 aliphatic carbocycles. The largest absolute Gasteiger partial charge is 0.375 e. The molecule has 6 heteroatoms. The highest BCUT2D eigenvalue weighted by Crippen LogP contribution is 2.33. The fourth-order valence-electron chi connectivity index (χ4n) is 3.32. The summed E-state index contributed by atoms with van der Waals surface area (Å²) in [6.45, 7) is 2.20. The molecule has 0 bridgehead atoms. The zero-order valence-corrected chi connectivity index (χ0v) is 11.1. The molecule has 2 saturated heterocycles. The topological polar surface area (TPSA) is 82.2 Å². The first kappa shape index (κ1) is 12.9. The number of nitrogens with zero attached hydrogens (tertiary/aromatic N) is 3. The third-order valence-corrected chi connectivity index (χ3v) is 4.27. The number of nitrogens with one attached hydrogen (secondary N) is 1. The lowest BCUT2D eigenvalue weighted by molar-refractivity contribution is -0.384. The summed E-state index contributed by atoms with van der Waals surface area (Å²) in [6, 6.07) is 7.30. The van der Waals surface area contributed by atoms with Crippen LogP contribution in [0.2, 0.25) is 0 Å². The number of rotatable bonds is 3. The predicted octanol–water partition coefficient (Wildman–Crippen LogP) is 2.12. The third-order valence-electron chi connectivity index (χ3n) is 4.27. The van der Waals surface area contributed by atoms with Crippen LogP contribution >= 0.6 is 0 Å². The fraction of sp³-hybridized carbons (Fsp3) is 0.500. The Morgan fingerprint density at radius 3 is 3.00 bits per heavy atom. The molecule has 2 aliphatic rings. The Hall–Kier alpha value is -2.13. The number of fused-ring (bicyclic) bond motifs is 1. The third kappa shape index (κ3) is 2.21. The Labute approximate surface area is 117 Å². The number of hydrogen-bond acceptors (Lipinski definition) is 5. The van der Waals surface area contributed by atoms with Gasteiger partial charge >= 0.3 is 0 Å². The Bertz CT molecular complexity index is 581. The Balaban J connectivity index is 1.84. The number of anilines is 1. The predicted molar refractivity (Wildman–Crippen MR) is 74.4 cm³/mol. The second kappa shape index (κ2) is 5.10. The van der Waals surface area contributed by atoms with Gasteiger partial charge in [-0.1, -0.05) is 0 Å². The van der Waals surface area contributed by atoms with Crippen LogP contribution < -0.4 is 5.32 Å². The van der Waals surface area contributed by atoms with E-state index in [2.05, 4.69) is 10.2 Å². The molecule has 2 fully saturated rings. The van der Waals surface area contributed by atoms with Crippen LogP contribution in [0.3, 0.4) is 0 Å². The molecular weight excluding hydrogens is 256 g/mol. The monoisotopic (exact) mass is 272 g/mol. The SMILES string of the molecule is N#Cc1ccc(NC2CCN3CCCC23)c([N+](=O)[O-])c1. The van der Waals surface area contributed by atoms with Crippen molar-refractivity contribution in [1.82, 2.24) is 4.90 Å². The second-order valence-corrected chi connectivity index (χ2v) is 5.39. The summed E-state index contributed by atoms with van der Waals surface area (Å²) < 4.78 is 0. The van der Waals surface area contributed by atoms with E-state index in [1.807, 2.05) is 6.07 Å². The molecule has 1 N–H and O–H groups in total. The van der Waals surface area contributed by atoms with Gasteiger partial charge in [0, 0.05) is 24.7 Å². The minimum Gasteiger partial charge on any atom is -0.375 e. The maximum atomic E-state index is 11.1. The van der Waals surface area contributed by atoms with Gasteiger partial charge < -0.3 is 5.32 Å². The Kier molecular flexibility index (Phi) is 3.28. The highest BCUT2D eigenvalue weighted by molar-refractivity contribution is 5.64. The van der Waals surface area contributed by atoms with Crippen LogP contribution in [0.5, 0.6) is 0 Å². The van der Waals surface area contributed by atoms with Gasteiger partial charge in [0.15, 0.2) is 0 Å². The van der Waals surface area contributed by atoms with E-state index in [4.69, 9.17) is 5.26 Å². The number of nitro groups is 1. The van der Waals surface area contributed by atoms with Gasteiger partial charge in [0.2, 0.25) is 0 Å². The van der Waals surface area contributed by atoms with Crippen molar-refractivity contribution in [2.24, 2.45) is 0 Å². The van der Waals surface area contributed by atoms with E-state index < -0.39 is 4.92 Å². The van der Waals surface area contributed by atoms with Crippen LogP contribution in [-0.4, -0.2) is 35.0 Å². The van der Waals surface area contributed by atoms with E-state index in [1.165, 1.54) is 12.5 Å². The van der Waals surface area contributed by atoms with Gasteiger partial charge in [0.05, 0.1) is 16.6 Å². The maximum absolute atomic E-state index is 11.1. The molecule has 0 radical (unpaired) electrons. The van der Waals surface area contributed by atoms with E-state index in [-0.39, 0.29) is 11.7 Å². The van der Waals surface area contributed by atoms with Crippen LogP contribution in [-0.2, 0) is 0 Å². The molecule has 1 aromatic carbocycles. The lowest BCUT2D eigenvalue weighted by Gasteiger charge is -2.22. The van der Waals surface area contributed by atoms with Crippen molar-refractivity contribution in [2.75, 3.05) is 18.4 Å². The number of benzene rings is 1. The number of hydrogen-bond donors (Lipinski definition) is 1. The van der Waals surface area contributed by atoms with Gasteiger partial charge in [-0.2, -0.15) is 5.26 Å². The average molecular weight is 272 g/mol. The lowest BCUT2D eigenvalue weighted by Crippen LogP contribution is -2.33. The van der Waals surface area contributed by atoms with Gasteiger partial charge in [-0.15, -0.1) is 0 Å². The summed E-state index contributed by atoms with van der Waals surface area (Å²) in [6.07, 6.45) is 3.38. The quantitative estimate of drug-likeness (QED) is 0.673. The van der Waals surface area contributed by atoms with Crippen LogP contribution in [0.4, 0.5) is 11.4 Å². The highest BCUT2D eigenvalue weighted by atomic mass is 16.6. The summed E-state index contributed by atoms with van der Waals surface area (Å²) >= 11 is 0. The zero-order valence-electron chi connectivity index (χ0n) is 11.1. The molecular formula is C14H16N4O2. The molecule has 1 aromatic rings. The minimum absolute atomic E-state index is 0.0134. The van der Waals surface area contributed by atoms with Gasteiger partial charge in [-0.05, 0) is 37.9 Å². The smallest absolute Gasteiger partial charge is 0.293 e. The van der Waals surface area contributed by atoms with Crippen molar-refractivity contribution in [3.05, 3.63) is 33.9 Å². The van der Waals surface area contributed by atoms with E-state index in [9.17, 15) is 10.1 Å². The molecule has 2 atom stereocenters. The van der Waals surface area contributed by atoms with Crippen molar-refractivity contribution in [1.29, 1.82) is 5.26 Å². The van der Waals surface area contributed by atoms with E-state index in [1.54, 1.807) is 12.1 Å². The van der Waals surface area contributed by atoms with Crippen molar-refractivity contribution in [2.45, 2.75) is 31.3 Å². The molecule has 2 unspecified atom stereocenters. The molecule has 0 aromatic heterocycles. The Morgan fingerprint density at radius 2 is 2.25 bits per heavy atom. The molecule has 0 spiro atoms. The van der Waals surface area contributed by atoms with Crippen molar-refractivity contribution < 1.29 is 4.92 Å². The summed E-state index contributed by atoms with van der Waals surface area (Å²) in [7, 11) is 0. The lowest BCUT2D eigenvalue weighted by atomic mass is 10.1. The minimum atomic E-state index is -0.426. The second-order valence-electron chi connectivity index (χ2n) is 5.39. The van der Waals surface area contributed by atoms with Gasteiger partial charge in [0.1, 0.15) is 5.69 Å². The van der Waals surface area contributed by atoms with E-state index in [0.717, 1.165) is 25.9 Å². The molecule has 2 aliphatic heterocycles.